The summed E-state index contributed by atoms with van der Waals surface area (Å²) in [7, 11) is 3.20. The zero-order valence-corrected chi connectivity index (χ0v) is 23.8. The van der Waals surface area contributed by atoms with Crippen molar-refractivity contribution in [2.45, 2.75) is 53.0 Å². The number of hydrogen-bond acceptors (Lipinski definition) is 5. The van der Waals surface area contributed by atoms with Crippen LogP contribution in [0.5, 0.6) is 11.5 Å². The van der Waals surface area contributed by atoms with Gasteiger partial charge in [0.1, 0.15) is 18.1 Å². The summed E-state index contributed by atoms with van der Waals surface area (Å²) >= 11 is 0. The van der Waals surface area contributed by atoms with E-state index < -0.39 is 0 Å². The highest BCUT2D eigenvalue weighted by Gasteiger charge is 2.23. The fourth-order valence-electron chi connectivity index (χ4n) is 4.33. The molecule has 0 radical (unpaired) electrons. The Morgan fingerprint density at radius 1 is 0.897 bits per heavy atom. The van der Waals surface area contributed by atoms with Gasteiger partial charge in [-0.15, -0.1) is 0 Å². The van der Waals surface area contributed by atoms with Crippen LogP contribution in [0.15, 0.2) is 59.0 Å². The Morgan fingerprint density at radius 3 is 2.33 bits per heavy atom. The molecule has 39 heavy (non-hydrogen) atoms. The van der Waals surface area contributed by atoms with Crippen molar-refractivity contribution in [2.24, 2.45) is 0 Å². The summed E-state index contributed by atoms with van der Waals surface area (Å²) in [6, 6.07) is 16.9. The highest BCUT2D eigenvalue weighted by molar-refractivity contribution is 5.93. The van der Waals surface area contributed by atoms with E-state index in [0.29, 0.717) is 43.3 Å². The van der Waals surface area contributed by atoms with Crippen molar-refractivity contribution in [3.63, 3.8) is 0 Å². The number of benzene rings is 2. The van der Waals surface area contributed by atoms with Gasteiger partial charge in [-0.05, 0) is 68.1 Å². The number of amides is 3. The Morgan fingerprint density at radius 2 is 1.67 bits per heavy atom. The first-order valence-electron chi connectivity index (χ1n) is 13.5. The van der Waals surface area contributed by atoms with E-state index in [9.17, 15) is 9.59 Å². The molecule has 0 saturated carbocycles. The summed E-state index contributed by atoms with van der Waals surface area (Å²) in [5, 5.41) is 2.99. The summed E-state index contributed by atoms with van der Waals surface area (Å²) < 4.78 is 16.6. The van der Waals surface area contributed by atoms with E-state index in [0.717, 1.165) is 41.8 Å². The molecule has 2 aromatic carbocycles. The van der Waals surface area contributed by atoms with Gasteiger partial charge in [-0.25, -0.2) is 4.79 Å². The molecule has 0 saturated heterocycles. The molecule has 1 aromatic heterocycles. The molecule has 0 fully saturated rings. The molecule has 1 N–H and O–H groups in total. The van der Waals surface area contributed by atoms with Gasteiger partial charge in [-0.1, -0.05) is 44.0 Å². The van der Waals surface area contributed by atoms with Crippen LogP contribution >= 0.6 is 0 Å². The lowest BCUT2D eigenvalue weighted by atomic mass is 10.1. The predicted octanol–water partition coefficient (Wildman–Crippen LogP) is 6.21. The number of aryl methyl sites for hydroxylation is 2. The smallest absolute Gasteiger partial charge is 0.322 e. The quantitative estimate of drug-likeness (QED) is 0.248. The third-order valence-corrected chi connectivity index (χ3v) is 6.65. The number of hydrogen-bond donors (Lipinski definition) is 1. The Balaban J connectivity index is 1.77. The van der Waals surface area contributed by atoms with Crippen molar-refractivity contribution in [2.75, 3.05) is 39.2 Å². The van der Waals surface area contributed by atoms with Crippen LogP contribution in [0.25, 0.3) is 0 Å². The van der Waals surface area contributed by atoms with Gasteiger partial charge >= 0.3 is 6.03 Å². The molecule has 0 aliphatic heterocycles. The second-order valence-electron chi connectivity index (χ2n) is 9.64. The van der Waals surface area contributed by atoms with Crippen LogP contribution in [0.1, 0.15) is 48.8 Å². The Kier molecular flexibility index (Phi) is 11.3. The number of ether oxygens (including phenoxy) is 2. The standard InChI is InChI=1S/C31H41N3O5/c1-6-7-10-18-34(31(36)32-27-12-9-8-11-23(27)2)22-30(35)33(21-26-15-13-24(3)39-26)19-17-25-14-16-28(37-4)29(20-25)38-5/h8-9,11-16,20H,6-7,10,17-19,21-22H2,1-5H3,(H,32,36). The van der Waals surface area contributed by atoms with Gasteiger partial charge in [-0.3, -0.25) is 4.79 Å². The molecule has 1 heterocycles. The molecule has 210 valence electrons. The first-order valence-corrected chi connectivity index (χ1v) is 13.5. The number of urea groups is 1. The van der Waals surface area contributed by atoms with Gasteiger partial charge in [0.15, 0.2) is 11.5 Å². The first kappa shape index (κ1) is 29.6. The lowest BCUT2D eigenvalue weighted by Crippen LogP contribution is -2.45. The molecule has 3 amide bonds. The second kappa shape index (κ2) is 14.9. The summed E-state index contributed by atoms with van der Waals surface area (Å²) in [4.78, 5) is 30.3. The van der Waals surface area contributed by atoms with Crippen LogP contribution in [-0.4, -0.2) is 55.6 Å². The Hall–Kier alpha value is -3.94. The molecular formula is C31H41N3O5. The highest BCUT2D eigenvalue weighted by Crippen LogP contribution is 2.28. The summed E-state index contributed by atoms with van der Waals surface area (Å²) in [5.41, 5.74) is 2.72. The number of rotatable bonds is 14. The van der Waals surface area contributed by atoms with Crippen molar-refractivity contribution in [3.05, 3.63) is 77.2 Å². The molecule has 0 unspecified atom stereocenters. The molecule has 0 atom stereocenters. The fourth-order valence-corrected chi connectivity index (χ4v) is 4.33. The van der Waals surface area contributed by atoms with Crippen molar-refractivity contribution in [3.8, 4) is 11.5 Å². The van der Waals surface area contributed by atoms with Gasteiger partial charge in [-0.2, -0.15) is 0 Å². The van der Waals surface area contributed by atoms with Crippen LogP contribution in [0.4, 0.5) is 10.5 Å². The number of furan rings is 1. The minimum Gasteiger partial charge on any atom is -0.493 e. The maximum absolute atomic E-state index is 13.7. The van der Waals surface area contributed by atoms with E-state index in [1.54, 1.807) is 24.0 Å². The SMILES string of the molecule is CCCCCN(CC(=O)N(CCc1ccc(OC)c(OC)c1)Cc1ccc(C)o1)C(=O)Nc1ccccc1C. The third kappa shape index (κ3) is 8.80. The predicted molar refractivity (Wildman–Crippen MR) is 153 cm³/mol. The van der Waals surface area contributed by atoms with Gasteiger partial charge in [0, 0.05) is 18.8 Å². The molecule has 8 heteroatoms. The Labute approximate surface area is 231 Å². The van der Waals surface area contributed by atoms with Gasteiger partial charge in [0.2, 0.25) is 5.91 Å². The maximum Gasteiger partial charge on any atom is 0.322 e. The minimum atomic E-state index is -0.276. The van der Waals surface area contributed by atoms with Gasteiger partial charge in [0.05, 0.1) is 20.8 Å². The fraction of sp³-hybridized carbons (Fsp3) is 0.419. The van der Waals surface area contributed by atoms with E-state index in [1.807, 2.05) is 68.4 Å². The summed E-state index contributed by atoms with van der Waals surface area (Å²) in [5.74, 6) is 2.65. The molecule has 0 bridgehead atoms. The average molecular weight is 536 g/mol. The number of unbranched alkanes of at least 4 members (excludes halogenated alkanes) is 2. The Bertz CT molecular complexity index is 1220. The highest BCUT2D eigenvalue weighted by atomic mass is 16.5. The average Bonchev–Trinajstić information content (AvgIpc) is 3.35. The van der Waals surface area contributed by atoms with Crippen molar-refractivity contribution >= 4 is 17.6 Å². The van der Waals surface area contributed by atoms with E-state index in [2.05, 4.69) is 12.2 Å². The van der Waals surface area contributed by atoms with E-state index in [4.69, 9.17) is 13.9 Å². The van der Waals surface area contributed by atoms with Gasteiger partial charge in [0.25, 0.3) is 0 Å². The molecule has 0 spiro atoms. The van der Waals surface area contributed by atoms with Crippen molar-refractivity contribution in [1.29, 1.82) is 0 Å². The maximum atomic E-state index is 13.7. The number of nitrogens with one attached hydrogen (secondary N) is 1. The lowest BCUT2D eigenvalue weighted by Gasteiger charge is -2.28. The first-order chi connectivity index (χ1) is 18.8. The normalized spacial score (nSPS) is 10.7. The lowest BCUT2D eigenvalue weighted by molar-refractivity contribution is -0.132. The largest absolute Gasteiger partial charge is 0.493 e. The van der Waals surface area contributed by atoms with Crippen LogP contribution < -0.4 is 14.8 Å². The number of carbonyl (C=O) groups is 2. The zero-order chi connectivity index (χ0) is 28.2. The van der Waals surface area contributed by atoms with E-state index >= 15 is 0 Å². The molecule has 3 aromatic rings. The van der Waals surface area contributed by atoms with Crippen LogP contribution in [0.3, 0.4) is 0 Å². The number of para-hydroxylation sites is 1. The van der Waals surface area contributed by atoms with Crippen LogP contribution in [0, 0.1) is 13.8 Å². The topological polar surface area (TPSA) is 84.2 Å². The summed E-state index contributed by atoms with van der Waals surface area (Å²) in [6.45, 7) is 7.20. The van der Waals surface area contributed by atoms with Crippen LogP contribution in [-0.2, 0) is 17.8 Å². The van der Waals surface area contributed by atoms with E-state index in [1.165, 1.54) is 0 Å². The number of carbonyl (C=O) groups excluding carboxylic acids is 2. The van der Waals surface area contributed by atoms with Gasteiger partial charge < -0.3 is 29.0 Å². The zero-order valence-electron chi connectivity index (χ0n) is 23.8. The minimum absolute atomic E-state index is 0.0208. The number of anilines is 1. The second-order valence-corrected chi connectivity index (χ2v) is 9.64. The molecular weight excluding hydrogens is 494 g/mol. The van der Waals surface area contributed by atoms with Crippen molar-refractivity contribution in [1.82, 2.24) is 9.80 Å². The third-order valence-electron chi connectivity index (χ3n) is 6.65. The monoisotopic (exact) mass is 535 g/mol. The van der Waals surface area contributed by atoms with Crippen LogP contribution in [0.2, 0.25) is 0 Å². The number of methoxy groups -OCH3 is 2. The van der Waals surface area contributed by atoms with Crippen molar-refractivity contribution < 1.29 is 23.5 Å². The molecule has 0 aliphatic rings. The summed E-state index contributed by atoms with van der Waals surface area (Å²) in [6.07, 6.45) is 3.44. The number of nitrogens with zero attached hydrogens (tertiary/aromatic N) is 2. The molecule has 8 nitrogen and oxygen atoms in total. The molecule has 0 aliphatic carbocycles. The molecule has 3 rings (SSSR count). The van der Waals surface area contributed by atoms with E-state index in [-0.39, 0.29) is 18.5 Å².